The monoisotopic (exact) mass is 653 g/mol. The molecule has 0 heterocycles. The first-order chi connectivity index (χ1) is 22.4. The third-order valence-corrected chi connectivity index (χ3v) is 9.03. The molecule has 9 heteroatoms. The Kier molecular flexibility index (Phi) is 8.95. The number of fused-ring (bicyclic) bond motifs is 8. The zero-order valence-electron chi connectivity index (χ0n) is 28.5. The van der Waals surface area contributed by atoms with Crippen LogP contribution in [0.15, 0.2) is 48.5 Å². The standard InChI is InChI=1S/C39H43NO8/c1-8-48-37(45)29-13-21-9-23-15-30(38(2,3)4)17-25(34(23)42)11-27-19-32(40(46)47)20-28(36(27)44)12-26-18-31(39(5,6)7)16-24(35(26)43)10-22(14-29)33(21)41/h13-20,41-44H,8-12H2,1-7H3. The van der Waals surface area contributed by atoms with Gasteiger partial charge in [0.2, 0.25) is 0 Å². The molecule has 1 aliphatic carbocycles. The normalized spacial score (nSPS) is 13.2. The van der Waals surface area contributed by atoms with Crippen molar-refractivity contribution in [1.82, 2.24) is 0 Å². The van der Waals surface area contributed by atoms with E-state index >= 15 is 0 Å². The molecule has 8 bridgehead atoms. The highest BCUT2D eigenvalue weighted by Gasteiger charge is 2.26. The molecule has 4 aromatic carbocycles. The van der Waals surface area contributed by atoms with Crippen molar-refractivity contribution in [2.75, 3.05) is 6.61 Å². The van der Waals surface area contributed by atoms with Crippen LogP contribution in [0.2, 0.25) is 0 Å². The molecule has 0 radical (unpaired) electrons. The maximum Gasteiger partial charge on any atom is 0.338 e. The van der Waals surface area contributed by atoms with E-state index < -0.39 is 10.9 Å². The van der Waals surface area contributed by atoms with Gasteiger partial charge in [-0.1, -0.05) is 65.8 Å². The van der Waals surface area contributed by atoms with Crippen LogP contribution in [-0.4, -0.2) is 37.9 Å². The second-order valence-electron chi connectivity index (χ2n) is 14.7. The molecule has 0 fully saturated rings. The highest BCUT2D eigenvalue weighted by molar-refractivity contribution is 5.90. The van der Waals surface area contributed by atoms with Crippen LogP contribution in [0.3, 0.4) is 0 Å². The van der Waals surface area contributed by atoms with E-state index in [0.29, 0.717) is 33.4 Å². The van der Waals surface area contributed by atoms with Crippen LogP contribution in [0, 0.1) is 10.1 Å². The van der Waals surface area contributed by atoms with Crippen LogP contribution in [0.4, 0.5) is 5.69 Å². The fourth-order valence-corrected chi connectivity index (χ4v) is 6.22. The number of hydrogen-bond donors (Lipinski definition) is 4. The first-order valence-electron chi connectivity index (χ1n) is 16.1. The largest absolute Gasteiger partial charge is 0.507 e. The highest BCUT2D eigenvalue weighted by atomic mass is 16.6. The van der Waals surface area contributed by atoms with Crippen LogP contribution in [-0.2, 0) is 41.3 Å². The third-order valence-electron chi connectivity index (χ3n) is 9.03. The molecular weight excluding hydrogens is 610 g/mol. The molecule has 0 aromatic heterocycles. The smallest absolute Gasteiger partial charge is 0.338 e. The van der Waals surface area contributed by atoms with Gasteiger partial charge in [0.15, 0.2) is 0 Å². The quantitative estimate of drug-likeness (QED) is 0.0873. The lowest BCUT2D eigenvalue weighted by atomic mass is 9.81. The van der Waals surface area contributed by atoms with Crippen molar-refractivity contribution < 1.29 is 34.9 Å². The average Bonchev–Trinajstić information content (AvgIpc) is 2.98. The van der Waals surface area contributed by atoms with Crippen molar-refractivity contribution in [3.05, 3.63) is 120 Å². The van der Waals surface area contributed by atoms with Crippen LogP contribution in [0.1, 0.15) is 114 Å². The summed E-state index contributed by atoms with van der Waals surface area (Å²) in [5.74, 6) is -0.950. The van der Waals surface area contributed by atoms with E-state index in [-0.39, 0.29) is 88.5 Å². The van der Waals surface area contributed by atoms with Crippen LogP contribution < -0.4 is 0 Å². The lowest BCUT2D eigenvalue weighted by Crippen LogP contribution is -2.14. The summed E-state index contributed by atoms with van der Waals surface area (Å²) in [6.45, 7) is 14.0. The van der Waals surface area contributed by atoms with Gasteiger partial charge in [0.05, 0.1) is 17.1 Å². The van der Waals surface area contributed by atoms with Gasteiger partial charge in [0.25, 0.3) is 5.69 Å². The number of rotatable bonds is 3. The average molecular weight is 654 g/mol. The van der Waals surface area contributed by atoms with Crippen LogP contribution in [0.25, 0.3) is 0 Å². The molecule has 252 valence electrons. The number of carbonyl (C=O) groups excluding carboxylic acids is 1. The van der Waals surface area contributed by atoms with Crippen molar-refractivity contribution in [1.29, 1.82) is 0 Å². The van der Waals surface area contributed by atoms with Crippen molar-refractivity contribution in [2.45, 2.75) is 85.0 Å². The van der Waals surface area contributed by atoms with Crippen molar-refractivity contribution >= 4 is 11.7 Å². The van der Waals surface area contributed by atoms with E-state index in [1.54, 1.807) is 19.1 Å². The molecule has 5 rings (SSSR count). The summed E-state index contributed by atoms with van der Waals surface area (Å²) in [7, 11) is 0. The van der Waals surface area contributed by atoms with Gasteiger partial charge in [-0.05, 0) is 74.4 Å². The van der Waals surface area contributed by atoms with Crippen LogP contribution in [0.5, 0.6) is 23.0 Å². The molecule has 0 atom stereocenters. The molecule has 1 aliphatic rings. The maximum atomic E-state index is 13.0. The lowest BCUT2D eigenvalue weighted by molar-refractivity contribution is -0.385. The number of hydrogen-bond acceptors (Lipinski definition) is 8. The van der Waals surface area contributed by atoms with Gasteiger partial charge in [-0.15, -0.1) is 0 Å². The molecule has 48 heavy (non-hydrogen) atoms. The van der Waals surface area contributed by atoms with Gasteiger partial charge in [0, 0.05) is 48.9 Å². The Morgan fingerprint density at radius 2 is 0.917 bits per heavy atom. The van der Waals surface area contributed by atoms with E-state index in [1.807, 2.05) is 65.8 Å². The van der Waals surface area contributed by atoms with Gasteiger partial charge in [-0.2, -0.15) is 0 Å². The van der Waals surface area contributed by atoms with Crippen LogP contribution >= 0.6 is 0 Å². The molecular formula is C39H43NO8. The molecule has 0 spiro atoms. The molecule has 0 unspecified atom stereocenters. The van der Waals surface area contributed by atoms with E-state index in [9.17, 15) is 35.3 Å². The molecule has 0 saturated carbocycles. The summed E-state index contributed by atoms with van der Waals surface area (Å²) < 4.78 is 5.32. The summed E-state index contributed by atoms with van der Waals surface area (Å²) in [5, 5.41) is 58.7. The fourth-order valence-electron chi connectivity index (χ4n) is 6.22. The number of nitro benzene ring substituents is 1. The summed E-state index contributed by atoms with van der Waals surface area (Å²) in [5.41, 5.74) is 4.09. The summed E-state index contributed by atoms with van der Waals surface area (Å²) in [6.07, 6.45) is 0.0335. The molecule has 0 saturated heterocycles. The summed E-state index contributed by atoms with van der Waals surface area (Å²) in [4.78, 5) is 24.6. The zero-order chi connectivity index (χ0) is 35.3. The fraction of sp³-hybridized carbons (Fsp3) is 0.359. The molecule has 9 nitrogen and oxygen atoms in total. The Balaban J connectivity index is 1.87. The van der Waals surface area contributed by atoms with E-state index in [4.69, 9.17) is 4.74 Å². The first-order valence-corrected chi connectivity index (χ1v) is 16.1. The number of phenolic OH excluding ortho intramolecular Hbond substituents is 4. The SMILES string of the molecule is CCOC(=O)c1cc2c(O)c(c1)Cc1cc(C(C)(C)C)cc(c1O)Cc1cc([N+](=O)[O-])cc(c1O)Cc1cc(C(C)(C)C)cc(c1O)C2. The van der Waals surface area contributed by atoms with Gasteiger partial charge in [-0.25, -0.2) is 4.79 Å². The highest BCUT2D eigenvalue weighted by Crippen LogP contribution is 2.42. The van der Waals surface area contributed by atoms with E-state index in [0.717, 1.165) is 11.1 Å². The summed E-state index contributed by atoms with van der Waals surface area (Å²) in [6, 6.07) is 13.1. The number of carbonyl (C=O) groups is 1. The number of nitro groups is 1. The predicted molar refractivity (Wildman–Crippen MR) is 184 cm³/mol. The molecule has 0 amide bonds. The zero-order valence-corrected chi connectivity index (χ0v) is 28.5. The Morgan fingerprint density at radius 3 is 1.19 bits per heavy atom. The Morgan fingerprint density at radius 1 is 0.625 bits per heavy atom. The van der Waals surface area contributed by atoms with E-state index in [1.165, 1.54) is 12.1 Å². The lowest BCUT2D eigenvalue weighted by Gasteiger charge is -2.24. The number of benzene rings is 4. The maximum absolute atomic E-state index is 13.0. The predicted octanol–water partition coefficient (Wildman–Crippen LogP) is 7.87. The second kappa shape index (κ2) is 12.5. The summed E-state index contributed by atoms with van der Waals surface area (Å²) >= 11 is 0. The molecule has 4 aromatic rings. The number of phenols is 4. The van der Waals surface area contributed by atoms with Gasteiger partial charge >= 0.3 is 5.97 Å². The van der Waals surface area contributed by atoms with Gasteiger partial charge in [-0.3, -0.25) is 10.1 Å². The number of aromatic hydroxyl groups is 4. The number of esters is 1. The Bertz CT molecular complexity index is 1830. The van der Waals surface area contributed by atoms with Crippen molar-refractivity contribution in [3.63, 3.8) is 0 Å². The molecule has 0 aliphatic heterocycles. The minimum absolute atomic E-state index is 0.0252. The Labute approximate surface area is 280 Å². The second-order valence-corrected chi connectivity index (χ2v) is 14.7. The van der Waals surface area contributed by atoms with Crippen molar-refractivity contribution in [3.8, 4) is 23.0 Å². The Hall–Kier alpha value is -5.05. The third kappa shape index (κ3) is 6.81. The number of ether oxygens (including phenoxy) is 1. The first kappa shape index (κ1) is 34.3. The molecule has 4 N–H and O–H groups in total. The van der Waals surface area contributed by atoms with E-state index in [2.05, 4.69) is 0 Å². The van der Waals surface area contributed by atoms with Crippen molar-refractivity contribution in [2.24, 2.45) is 0 Å². The number of non-ortho nitro benzene ring substituents is 1. The number of nitrogens with zero attached hydrogens (tertiary/aromatic N) is 1. The topological polar surface area (TPSA) is 150 Å². The minimum Gasteiger partial charge on any atom is -0.507 e. The van der Waals surface area contributed by atoms with Gasteiger partial charge < -0.3 is 25.2 Å². The minimum atomic E-state index is -0.563. The van der Waals surface area contributed by atoms with Gasteiger partial charge in [0.1, 0.15) is 23.0 Å².